The molecule has 110 valence electrons. The molecule has 4 nitrogen and oxygen atoms in total. The second-order valence-corrected chi connectivity index (χ2v) is 5.95. The van der Waals surface area contributed by atoms with E-state index < -0.39 is 16.8 Å². The zero-order valence-electron chi connectivity index (χ0n) is 11.3. The third-order valence-corrected chi connectivity index (χ3v) is 4.08. The van der Waals surface area contributed by atoms with Crippen molar-refractivity contribution in [3.05, 3.63) is 60.2 Å². The number of anilines is 2. The molecule has 0 saturated heterocycles. The maximum absolute atomic E-state index is 11.5. The normalized spacial score (nSPS) is 11.9. The molecule has 6 heteroatoms. The Morgan fingerprint density at radius 3 is 2.19 bits per heavy atom. The van der Waals surface area contributed by atoms with Crippen LogP contribution in [0.2, 0.25) is 0 Å². The maximum atomic E-state index is 11.5. The Labute approximate surface area is 128 Å². The minimum absolute atomic E-state index is 0.135. The van der Waals surface area contributed by atoms with E-state index in [9.17, 15) is 13.6 Å². The average molecular weight is 320 g/mol. The highest BCUT2D eigenvalue weighted by Gasteiger charge is 2.06. The minimum Gasteiger partial charge on any atom is -0.772 e. The van der Waals surface area contributed by atoms with Gasteiger partial charge in [0.05, 0.1) is 5.75 Å². The van der Waals surface area contributed by atoms with Crippen molar-refractivity contribution >= 4 is 37.6 Å². The lowest BCUT2D eigenvalue weighted by molar-refractivity contribution is -0.116. The van der Waals surface area contributed by atoms with E-state index in [1.807, 2.05) is 59.3 Å². The number of nitrogens with zero attached hydrogens (tertiary/aromatic N) is 1. The molecular weight excluding hydrogens is 305 g/mol. The van der Waals surface area contributed by atoms with E-state index >= 15 is 0 Å². The molecular formula is C15H15NO3PS-. The lowest BCUT2D eigenvalue weighted by Gasteiger charge is -2.19. The molecule has 2 rings (SSSR count). The van der Waals surface area contributed by atoms with Crippen molar-refractivity contribution < 1.29 is 13.6 Å². The molecule has 0 radical (unpaired) electrons. The molecule has 0 aliphatic rings. The van der Waals surface area contributed by atoms with E-state index in [0.29, 0.717) is 0 Å². The van der Waals surface area contributed by atoms with Gasteiger partial charge >= 0.3 is 0 Å². The second-order valence-electron chi connectivity index (χ2n) is 4.54. The number of hydrogen-bond donors (Lipinski definition) is 0. The zero-order valence-corrected chi connectivity index (χ0v) is 13.2. The summed E-state index contributed by atoms with van der Waals surface area (Å²) in [4.78, 5) is 11.5. The smallest absolute Gasteiger partial charge is 0.148 e. The predicted molar refractivity (Wildman–Crippen MR) is 87.2 cm³/mol. The van der Waals surface area contributed by atoms with E-state index in [-0.39, 0.29) is 12.2 Å². The predicted octanol–water partition coefficient (Wildman–Crippen LogP) is 2.61. The van der Waals surface area contributed by atoms with Crippen molar-refractivity contribution in [3.63, 3.8) is 0 Å². The van der Waals surface area contributed by atoms with E-state index in [1.54, 1.807) is 0 Å². The number of ketones is 1. The van der Waals surface area contributed by atoms with Gasteiger partial charge in [-0.2, -0.15) is 0 Å². The molecule has 0 saturated carbocycles. The molecule has 2 aromatic carbocycles. The first kappa shape index (κ1) is 15.8. The van der Waals surface area contributed by atoms with E-state index in [2.05, 4.69) is 9.39 Å². The fourth-order valence-electron chi connectivity index (χ4n) is 1.92. The third kappa shape index (κ3) is 4.74. The van der Waals surface area contributed by atoms with Gasteiger partial charge in [0.2, 0.25) is 0 Å². The summed E-state index contributed by atoms with van der Waals surface area (Å²) in [5.41, 5.74) is 2.81. The molecule has 2 aromatic rings. The lowest BCUT2D eigenvalue weighted by atomic mass is 10.1. The first-order valence-electron chi connectivity index (χ1n) is 6.32. The van der Waals surface area contributed by atoms with Crippen molar-refractivity contribution in [1.82, 2.24) is 0 Å². The SMILES string of the molecule is O=C(Cc1ccc(N(P)c2ccccc2)cc1)CS(=O)[O-]. The number of para-hydroxylation sites is 1. The summed E-state index contributed by atoms with van der Waals surface area (Å²) in [6.45, 7) is 0. The van der Waals surface area contributed by atoms with Gasteiger partial charge in [0.15, 0.2) is 0 Å². The van der Waals surface area contributed by atoms with Gasteiger partial charge in [-0.05, 0) is 50.3 Å². The van der Waals surface area contributed by atoms with Crippen LogP contribution in [0.3, 0.4) is 0 Å². The van der Waals surface area contributed by atoms with Crippen LogP contribution in [0.25, 0.3) is 0 Å². The molecule has 21 heavy (non-hydrogen) atoms. The number of carbonyl (C=O) groups excluding carboxylic acids is 1. The summed E-state index contributed by atoms with van der Waals surface area (Å²) in [6, 6.07) is 17.3. The van der Waals surface area contributed by atoms with Gasteiger partial charge in [-0.15, -0.1) is 0 Å². The molecule has 0 amide bonds. The van der Waals surface area contributed by atoms with Gasteiger partial charge in [0.1, 0.15) is 5.78 Å². The molecule has 0 spiro atoms. The molecule has 0 aromatic heterocycles. The van der Waals surface area contributed by atoms with Crippen molar-refractivity contribution in [2.45, 2.75) is 6.42 Å². The van der Waals surface area contributed by atoms with Crippen LogP contribution in [0.1, 0.15) is 5.56 Å². The van der Waals surface area contributed by atoms with Gasteiger partial charge in [-0.1, -0.05) is 30.3 Å². The molecule has 0 fully saturated rings. The van der Waals surface area contributed by atoms with Gasteiger partial charge in [0, 0.05) is 17.8 Å². The quantitative estimate of drug-likeness (QED) is 0.606. The Morgan fingerprint density at radius 2 is 1.62 bits per heavy atom. The summed E-state index contributed by atoms with van der Waals surface area (Å²) in [6.07, 6.45) is 0.135. The number of carbonyl (C=O) groups is 1. The van der Waals surface area contributed by atoms with Gasteiger partial charge in [-0.25, -0.2) is 0 Å². The van der Waals surface area contributed by atoms with Crippen LogP contribution in [-0.2, 0) is 22.3 Å². The Bertz CT molecular complexity index is 631. The van der Waals surface area contributed by atoms with Crippen LogP contribution in [-0.4, -0.2) is 20.3 Å². The van der Waals surface area contributed by atoms with E-state index in [4.69, 9.17) is 0 Å². The monoisotopic (exact) mass is 320 g/mol. The van der Waals surface area contributed by atoms with E-state index in [1.165, 1.54) is 0 Å². The summed E-state index contributed by atoms with van der Waals surface area (Å²) >= 11 is -2.32. The summed E-state index contributed by atoms with van der Waals surface area (Å²) < 4.78 is 22.9. The van der Waals surface area contributed by atoms with E-state index in [0.717, 1.165) is 16.9 Å². The van der Waals surface area contributed by atoms with Crippen LogP contribution in [0, 0.1) is 0 Å². The van der Waals surface area contributed by atoms with Crippen LogP contribution in [0.5, 0.6) is 0 Å². The lowest BCUT2D eigenvalue weighted by Crippen LogP contribution is -2.12. The Kier molecular flexibility index (Phi) is 5.62. The second kappa shape index (κ2) is 7.46. The van der Waals surface area contributed by atoms with Crippen LogP contribution in [0.4, 0.5) is 11.4 Å². The number of hydrogen-bond acceptors (Lipinski definition) is 4. The third-order valence-electron chi connectivity index (χ3n) is 2.93. The van der Waals surface area contributed by atoms with Crippen LogP contribution >= 0.6 is 9.39 Å². The van der Waals surface area contributed by atoms with Gasteiger partial charge in [-0.3, -0.25) is 9.00 Å². The summed E-state index contributed by atoms with van der Waals surface area (Å²) in [5, 5.41) is 0. The van der Waals surface area contributed by atoms with Crippen molar-refractivity contribution in [2.24, 2.45) is 0 Å². The standard InChI is InChI=1S/C15H16NO3PS/c17-15(11-21(18)19)10-12-6-8-14(9-7-12)16(20)13-4-2-1-3-5-13/h1-9H,10-11,20H2,(H,18,19)/p-1. The molecule has 0 bridgehead atoms. The first-order valence-corrected chi connectivity index (χ1v) is 8.08. The molecule has 0 aliphatic carbocycles. The highest BCUT2D eigenvalue weighted by atomic mass is 32.2. The highest BCUT2D eigenvalue weighted by molar-refractivity contribution is 7.79. The molecule has 0 heterocycles. The minimum atomic E-state index is -2.32. The molecule has 0 N–H and O–H groups in total. The Morgan fingerprint density at radius 1 is 1.05 bits per heavy atom. The van der Waals surface area contributed by atoms with Crippen molar-refractivity contribution in [2.75, 3.05) is 10.4 Å². The zero-order chi connectivity index (χ0) is 15.2. The number of rotatable bonds is 6. The molecule has 0 aliphatic heterocycles. The maximum Gasteiger partial charge on any atom is 0.148 e. The first-order chi connectivity index (χ1) is 10.1. The van der Waals surface area contributed by atoms with Crippen LogP contribution in [0.15, 0.2) is 54.6 Å². The molecule has 2 unspecified atom stereocenters. The number of Topliss-reactive ketones (excluding diaryl/α,β-unsaturated/α-hetero) is 1. The van der Waals surface area contributed by atoms with Gasteiger partial charge < -0.3 is 9.22 Å². The van der Waals surface area contributed by atoms with Crippen molar-refractivity contribution in [1.29, 1.82) is 0 Å². The Hall–Kier alpha value is -1.55. The topological polar surface area (TPSA) is 60.4 Å². The largest absolute Gasteiger partial charge is 0.772 e. The number of benzene rings is 2. The fourth-order valence-corrected chi connectivity index (χ4v) is 2.63. The fraction of sp³-hybridized carbons (Fsp3) is 0.133. The van der Waals surface area contributed by atoms with Gasteiger partial charge in [0.25, 0.3) is 0 Å². The van der Waals surface area contributed by atoms with Crippen molar-refractivity contribution in [3.8, 4) is 0 Å². The van der Waals surface area contributed by atoms with Crippen LogP contribution < -0.4 is 4.67 Å². The average Bonchev–Trinajstić information content (AvgIpc) is 2.47. The summed E-state index contributed by atoms with van der Waals surface area (Å²) in [7, 11) is 2.64. The highest BCUT2D eigenvalue weighted by Crippen LogP contribution is 2.28. The molecule has 2 atom stereocenters. The Balaban J connectivity index is 2.05. The summed E-state index contributed by atoms with van der Waals surface area (Å²) in [5.74, 6) is -0.733.